The smallest absolute Gasteiger partial charge is 0.160 e. The van der Waals surface area contributed by atoms with Crippen LogP contribution in [0.2, 0.25) is 0 Å². The van der Waals surface area contributed by atoms with Gasteiger partial charge in [-0.15, -0.1) is 10.2 Å². The first kappa shape index (κ1) is 10.1. The van der Waals surface area contributed by atoms with Crippen molar-refractivity contribution in [1.29, 1.82) is 0 Å². The molecule has 0 radical (unpaired) electrons. The average molecular weight is 205 g/mol. The van der Waals surface area contributed by atoms with Crippen LogP contribution in [0.1, 0.15) is 12.2 Å². The van der Waals surface area contributed by atoms with Crippen molar-refractivity contribution in [3.8, 4) is 0 Å². The summed E-state index contributed by atoms with van der Waals surface area (Å²) in [4.78, 5) is 0. The summed E-state index contributed by atoms with van der Waals surface area (Å²) in [6, 6.07) is 5.87. The second kappa shape index (κ2) is 4.86. The highest BCUT2D eigenvalue weighted by Crippen LogP contribution is 2.01. The van der Waals surface area contributed by atoms with Crippen LogP contribution in [0.5, 0.6) is 0 Å². The van der Waals surface area contributed by atoms with Gasteiger partial charge >= 0.3 is 0 Å². The molecule has 5 nitrogen and oxygen atoms in total. The second-order valence-corrected chi connectivity index (χ2v) is 3.36. The zero-order valence-corrected chi connectivity index (χ0v) is 8.56. The number of nitrogens with two attached hydrogens (primary N) is 1. The fourth-order valence-electron chi connectivity index (χ4n) is 1.44. The van der Waals surface area contributed by atoms with E-state index in [2.05, 4.69) is 15.5 Å². The van der Waals surface area contributed by atoms with Gasteiger partial charge in [-0.25, -0.2) is 0 Å². The van der Waals surface area contributed by atoms with E-state index < -0.39 is 0 Å². The molecule has 5 heteroatoms. The van der Waals surface area contributed by atoms with Crippen LogP contribution in [0, 0.1) is 0 Å². The van der Waals surface area contributed by atoms with Gasteiger partial charge in [0.25, 0.3) is 0 Å². The van der Waals surface area contributed by atoms with Gasteiger partial charge in [0.05, 0.1) is 6.54 Å². The number of rotatable bonds is 5. The molecule has 0 aliphatic carbocycles. The largest absolute Gasteiger partial charge is 0.330 e. The van der Waals surface area contributed by atoms with E-state index in [1.54, 1.807) is 0 Å². The minimum absolute atomic E-state index is 0.716. The summed E-state index contributed by atoms with van der Waals surface area (Å²) in [5, 5.41) is 11.5. The number of hydrogen-bond acceptors (Lipinski definition) is 4. The number of fused-ring (bicyclic) bond motifs is 1. The van der Waals surface area contributed by atoms with E-state index in [1.165, 1.54) is 0 Å². The normalized spacial score (nSPS) is 11.0. The van der Waals surface area contributed by atoms with Crippen molar-refractivity contribution in [2.45, 2.75) is 13.0 Å². The van der Waals surface area contributed by atoms with Gasteiger partial charge in [0.2, 0.25) is 0 Å². The Balaban J connectivity index is 2.02. The zero-order valence-electron chi connectivity index (χ0n) is 8.56. The number of nitrogens with one attached hydrogen (secondary N) is 1. The lowest BCUT2D eigenvalue weighted by molar-refractivity contribution is 0.630. The molecule has 2 rings (SSSR count). The van der Waals surface area contributed by atoms with Crippen LogP contribution in [0.4, 0.5) is 0 Å². The zero-order chi connectivity index (χ0) is 10.5. The summed E-state index contributed by atoms with van der Waals surface area (Å²) in [5.74, 6) is 0.933. The van der Waals surface area contributed by atoms with Gasteiger partial charge in [0, 0.05) is 6.20 Å². The molecule has 2 aromatic rings. The molecule has 15 heavy (non-hydrogen) atoms. The number of pyridine rings is 1. The van der Waals surface area contributed by atoms with Gasteiger partial charge in [0.1, 0.15) is 0 Å². The molecule has 2 heterocycles. The molecule has 0 spiro atoms. The Kier molecular flexibility index (Phi) is 3.26. The summed E-state index contributed by atoms with van der Waals surface area (Å²) in [6.45, 7) is 2.36. The highest BCUT2D eigenvalue weighted by molar-refractivity contribution is 5.36. The first-order valence-corrected chi connectivity index (χ1v) is 5.11. The quantitative estimate of drug-likeness (QED) is 0.683. The minimum Gasteiger partial charge on any atom is -0.330 e. The number of nitrogens with zero attached hydrogens (tertiary/aromatic N) is 3. The summed E-state index contributed by atoms with van der Waals surface area (Å²) in [6.07, 6.45) is 2.95. The molecule has 0 aliphatic heterocycles. The van der Waals surface area contributed by atoms with Crippen molar-refractivity contribution in [1.82, 2.24) is 19.9 Å². The highest BCUT2D eigenvalue weighted by atomic mass is 15.3. The SMILES string of the molecule is NCCCNCc1nnc2ccccn12. The predicted octanol–water partition coefficient (Wildman–Crippen LogP) is 0.168. The monoisotopic (exact) mass is 205 g/mol. The maximum Gasteiger partial charge on any atom is 0.160 e. The molecule has 0 amide bonds. The van der Waals surface area contributed by atoms with Crippen LogP contribution in [0.3, 0.4) is 0 Å². The predicted molar refractivity (Wildman–Crippen MR) is 58.4 cm³/mol. The van der Waals surface area contributed by atoms with Gasteiger partial charge in [0.15, 0.2) is 11.5 Å². The Bertz CT molecular complexity index is 422. The summed E-state index contributed by atoms with van der Waals surface area (Å²) < 4.78 is 1.98. The third-order valence-corrected chi connectivity index (χ3v) is 2.23. The Labute approximate surface area is 88.3 Å². The van der Waals surface area contributed by atoms with E-state index in [9.17, 15) is 0 Å². The first-order chi connectivity index (χ1) is 7.42. The average Bonchev–Trinajstić information content (AvgIpc) is 2.68. The van der Waals surface area contributed by atoms with Crippen molar-refractivity contribution in [2.75, 3.05) is 13.1 Å². The molecule has 80 valence electrons. The lowest BCUT2D eigenvalue weighted by Crippen LogP contribution is -2.19. The van der Waals surface area contributed by atoms with Crippen molar-refractivity contribution in [2.24, 2.45) is 5.73 Å². The number of aromatic nitrogens is 3. The summed E-state index contributed by atoms with van der Waals surface area (Å²) in [5.41, 5.74) is 6.29. The molecular formula is C10H15N5. The van der Waals surface area contributed by atoms with Crippen molar-refractivity contribution >= 4 is 5.65 Å². The minimum atomic E-state index is 0.716. The van der Waals surface area contributed by atoms with Crippen molar-refractivity contribution in [3.63, 3.8) is 0 Å². The van der Waals surface area contributed by atoms with Gasteiger partial charge in [-0.05, 0) is 31.6 Å². The van der Waals surface area contributed by atoms with E-state index >= 15 is 0 Å². The van der Waals surface area contributed by atoms with Crippen LogP contribution in [0.15, 0.2) is 24.4 Å². The van der Waals surface area contributed by atoms with Crippen molar-refractivity contribution < 1.29 is 0 Å². The Morgan fingerprint density at radius 2 is 2.27 bits per heavy atom. The Morgan fingerprint density at radius 3 is 3.13 bits per heavy atom. The third kappa shape index (κ3) is 2.31. The standard InChI is InChI=1S/C10H15N5/c11-5-3-6-12-8-10-14-13-9-4-1-2-7-15(9)10/h1-2,4,7,12H,3,5-6,8,11H2. The van der Waals surface area contributed by atoms with Crippen LogP contribution >= 0.6 is 0 Å². The van der Waals surface area contributed by atoms with E-state index in [-0.39, 0.29) is 0 Å². The fraction of sp³-hybridized carbons (Fsp3) is 0.400. The van der Waals surface area contributed by atoms with Gasteiger partial charge in [-0.3, -0.25) is 4.40 Å². The van der Waals surface area contributed by atoms with Crippen LogP contribution in [-0.2, 0) is 6.54 Å². The van der Waals surface area contributed by atoms with E-state index in [0.717, 1.165) is 31.0 Å². The van der Waals surface area contributed by atoms with Gasteiger partial charge in [-0.1, -0.05) is 6.07 Å². The number of hydrogen-bond donors (Lipinski definition) is 2. The fourth-order valence-corrected chi connectivity index (χ4v) is 1.44. The summed E-state index contributed by atoms with van der Waals surface area (Å²) in [7, 11) is 0. The molecule has 0 aliphatic rings. The molecule has 0 bridgehead atoms. The second-order valence-electron chi connectivity index (χ2n) is 3.36. The lowest BCUT2D eigenvalue weighted by atomic mass is 10.4. The summed E-state index contributed by atoms with van der Waals surface area (Å²) >= 11 is 0. The maximum atomic E-state index is 5.41. The van der Waals surface area contributed by atoms with Crippen molar-refractivity contribution in [3.05, 3.63) is 30.2 Å². The molecule has 0 unspecified atom stereocenters. The van der Waals surface area contributed by atoms with Gasteiger partial charge in [-0.2, -0.15) is 0 Å². The third-order valence-electron chi connectivity index (χ3n) is 2.23. The van der Waals surface area contributed by atoms with Crippen LogP contribution in [-0.4, -0.2) is 27.7 Å². The lowest BCUT2D eigenvalue weighted by Gasteiger charge is -2.01. The molecule has 0 aromatic carbocycles. The van der Waals surface area contributed by atoms with E-state index in [1.807, 2.05) is 28.8 Å². The molecular weight excluding hydrogens is 190 g/mol. The molecule has 0 fully saturated rings. The molecule has 0 saturated heterocycles. The Hall–Kier alpha value is -1.46. The molecule has 0 atom stereocenters. The maximum absolute atomic E-state index is 5.41. The molecule has 0 saturated carbocycles. The van der Waals surface area contributed by atoms with Crippen LogP contribution < -0.4 is 11.1 Å². The molecule has 3 N–H and O–H groups in total. The Morgan fingerprint density at radius 1 is 1.33 bits per heavy atom. The van der Waals surface area contributed by atoms with E-state index in [4.69, 9.17) is 5.73 Å². The van der Waals surface area contributed by atoms with Gasteiger partial charge < -0.3 is 11.1 Å². The van der Waals surface area contributed by atoms with E-state index in [0.29, 0.717) is 6.54 Å². The molecule has 2 aromatic heterocycles. The topological polar surface area (TPSA) is 68.2 Å². The van der Waals surface area contributed by atoms with Crippen LogP contribution in [0.25, 0.3) is 5.65 Å². The first-order valence-electron chi connectivity index (χ1n) is 5.11. The highest BCUT2D eigenvalue weighted by Gasteiger charge is 2.02.